The van der Waals surface area contributed by atoms with Gasteiger partial charge in [0, 0.05) is 222 Å². The average molecular weight is 1950 g/mol. The molecule has 0 bridgehead atoms. The van der Waals surface area contributed by atoms with Crippen molar-refractivity contribution < 1.29 is 18.6 Å². The molecule has 8 atom stereocenters. The number of anilines is 8. The number of aliphatic hydroxyl groups excluding tert-OH is 1. The fourth-order valence-corrected chi connectivity index (χ4v) is 19.9. The van der Waals surface area contributed by atoms with Gasteiger partial charge >= 0.3 is 0 Å². The van der Waals surface area contributed by atoms with Gasteiger partial charge in [0.2, 0.25) is 0 Å². The molecule has 9 N–H and O–H groups in total. The molecule has 8 aromatic rings. The van der Waals surface area contributed by atoms with Crippen LogP contribution in [0.4, 0.5) is 54.3 Å². The Morgan fingerprint density at radius 2 is 0.532 bits per heavy atom. The molecular formula is C116H177Cl2F2N17O2. The molecule has 8 aliphatic rings. The summed E-state index contributed by atoms with van der Waals surface area (Å²) < 4.78 is 33.8. The predicted molar refractivity (Wildman–Crippen MR) is 594 cm³/mol. The number of nitriles is 1. The molecule has 0 saturated carbocycles. The van der Waals surface area contributed by atoms with E-state index >= 15 is 0 Å². The standard InChI is InChI=1S/C15H21N3.2C15H24N2O.C15H24N2.2C14H21ClN2.2C14H21FN2/c1-11(2)13-4-5-15(14(8-13)9-16)18-7-6-17-10-12(18)3;1-11(2)13-5-6-14(15(9-13)18-4)17-8-7-16-10-12(17)3;1-11(2)13-4-5-15(14(8-13)10-18)17-7-6-16-9-12(17)3;1-11(2)14-5-6-15(12(3)9-14)17-8-7-16-10-13(17)4;4*1-10(2)12-4-5-14(13(15)8-12)17-7-6-16-9-11(17)3/h4-5,8,11-12,17H,6-7,10H2,1-3H3;5-6,9,11-12,16H,7-8,10H2,1-4H3;4-5,8,11-12,16,18H,6-7,9-10H2,1-3H3;5-6,9,11,13,16H,7-8,10H2,1-4H3;4*4-5,8,10-11,16H,6-7,9H2,1-3H3/t3*12-;13-;4*11-/m11111010/s1. The van der Waals surface area contributed by atoms with Gasteiger partial charge in [-0.15, -0.1) is 0 Å². The van der Waals surface area contributed by atoms with Gasteiger partial charge in [-0.1, -0.05) is 195 Å². The summed E-state index contributed by atoms with van der Waals surface area (Å²) in [7, 11) is 1.76. The van der Waals surface area contributed by atoms with Crippen molar-refractivity contribution in [1.82, 2.24) is 42.5 Å². The van der Waals surface area contributed by atoms with Crippen LogP contribution in [-0.2, 0) is 6.61 Å². The number of nitrogens with zero attached hydrogens (tertiary/aromatic N) is 9. The largest absolute Gasteiger partial charge is 0.495 e. The number of halogens is 4. The Kier molecular flexibility index (Phi) is 46.4. The van der Waals surface area contributed by atoms with Crippen LogP contribution < -0.4 is 86.5 Å². The Labute approximate surface area is 848 Å². The molecule has 0 amide bonds. The number of methoxy groups -OCH3 is 1. The smallest absolute Gasteiger partial charge is 0.146 e. The molecule has 19 nitrogen and oxygen atoms in total. The molecule has 0 aliphatic carbocycles. The number of nitrogens with one attached hydrogen (secondary N) is 8. The zero-order valence-corrected chi connectivity index (χ0v) is 91.2. The van der Waals surface area contributed by atoms with E-state index < -0.39 is 0 Å². The molecule has 8 heterocycles. The molecule has 139 heavy (non-hydrogen) atoms. The molecule has 0 unspecified atom stereocenters. The van der Waals surface area contributed by atoms with Crippen LogP contribution in [-0.4, -0.2) is 218 Å². The number of hydrogen-bond acceptors (Lipinski definition) is 19. The molecule has 8 aromatic carbocycles. The minimum absolute atomic E-state index is 0.0926. The maximum atomic E-state index is 14.1. The summed E-state index contributed by atoms with van der Waals surface area (Å²) in [6, 6.07) is 56.6. The second kappa shape index (κ2) is 56.5. The van der Waals surface area contributed by atoms with E-state index in [1.54, 1.807) is 19.2 Å². The molecule has 16 rings (SSSR count). The third-order valence-electron chi connectivity index (χ3n) is 28.5. The third-order valence-corrected chi connectivity index (χ3v) is 29.2. The number of ether oxygens (including phenoxy) is 1. The van der Waals surface area contributed by atoms with E-state index in [9.17, 15) is 19.1 Å². The first-order chi connectivity index (χ1) is 66.4. The summed E-state index contributed by atoms with van der Waals surface area (Å²) in [5, 5.41) is 47.8. The van der Waals surface area contributed by atoms with Crippen molar-refractivity contribution in [3.8, 4) is 11.8 Å². The topological polar surface area (TPSA) is 175 Å². The molecule has 8 aliphatic heterocycles. The predicted octanol–water partition coefficient (Wildman–Crippen LogP) is 22.1. The van der Waals surface area contributed by atoms with Crippen LogP contribution in [0.5, 0.6) is 5.75 Å². The van der Waals surface area contributed by atoms with Crippen molar-refractivity contribution in [3.05, 3.63) is 228 Å². The SMILES string of the molecule is CC(C)c1ccc(N2CCNC[C@@H]2C)c(Cl)c1.CC(C)c1ccc(N2CCNC[C@@H]2C)c(F)c1.CC(C)c1ccc(N2CCNC[C@H]2C)c(C#N)c1.CC(C)c1ccc(N2CCNC[C@H]2C)c(CO)c1.CC(C)c1ccc(N2CCNC[C@H]2C)c(Cl)c1.CC(C)c1ccc(N2CCNC[C@H]2C)c(F)c1.COc1cc(C(C)C)ccc1N1CCNC[C@H]1C.Cc1cc(C(C)C)ccc1N1CCNC[C@H]1C. The second-order valence-electron chi connectivity index (χ2n) is 42.0. The van der Waals surface area contributed by atoms with Crippen LogP contribution in [0.15, 0.2) is 146 Å². The Morgan fingerprint density at radius 1 is 0.309 bits per heavy atom. The Hall–Kier alpha value is -8.47. The minimum Gasteiger partial charge on any atom is -0.495 e. The van der Waals surface area contributed by atoms with Crippen molar-refractivity contribution in [1.29, 1.82) is 5.26 Å². The first kappa shape index (κ1) is 114. The monoisotopic (exact) mass is 1950 g/mol. The normalized spacial score (nSPS) is 20.7. The van der Waals surface area contributed by atoms with E-state index in [-0.39, 0.29) is 18.2 Å². The molecule has 23 heteroatoms. The van der Waals surface area contributed by atoms with Crippen LogP contribution in [0.3, 0.4) is 0 Å². The minimum atomic E-state index is -0.0926. The maximum Gasteiger partial charge on any atom is 0.146 e. The van der Waals surface area contributed by atoms with E-state index in [0.29, 0.717) is 95.7 Å². The Balaban J connectivity index is 0.000000178. The van der Waals surface area contributed by atoms with Gasteiger partial charge in [0.1, 0.15) is 23.5 Å². The number of aliphatic hydroxyl groups is 1. The number of rotatable bonds is 18. The van der Waals surface area contributed by atoms with Gasteiger partial charge in [0.15, 0.2) is 0 Å². The van der Waals surface area contributed by atoms with Crippen LogP contribution >= 0.6 is 23.2 Å². The fraction of sp³-hybridized carbons (Fsp3) is 0.578. The lowest BCUT2D eigenvalue weighted by Crippen LogP contribution is -2.50. The van der Waals surface area contributed by atoms with Gasteiger partial charge < -0.3 is 91.6 Å². The van der Waals surface area contributed by atoms with Gasteiger partial charge in [0.05, 0.1) is 63.4 Å². The van der Waals surface area contributed by atoms with E-state index in [1.807, 2.05) is 30.3 Å². The Bertz CT molecular complexity index is 4570. The summed E-state index contributed by atoms with van der Waals surface area (Å²) in [6.45, 7) is 78.8. The summed E-state index contributed by atoms with van der Waals surface area (Å²) in [6.07, 6.45) is 0. The van der Waals surface area contributed by atoms with Crippen LogP contribution in [0.2, 0.25) is 10.0 Å². The van der Waals surface area contributed by atoms with E-state index in [1.165, 1.54) is 67.4 Å². The zero-order chi connectivity index (χ0) is 101. The van der Waals surface area contributed by atoms with Gasteiger partial charge in [-0.25, -0.2) is 8.78 Å². The quantitative estimate of drug-likeness (QED) is 0.0396. The maximum absolute atomic E-state index is 14.1. The summed E-state index contributed by atoms with van der Waals surface area (Å²) in [5.41, 5.74) is 22.0. The molecule has 8 saturated heterocycles. The number of piperazine rings is 8. The second-order valence-corrected chi connectivity index (χ2v) is 42.8. The highest BCUT2D eigenvalue weighted by Gasteiger charge is 2.30. The summed E-state index contributed by atoms with van der Waals surface area (Å²) >= 11 is 12.8. The molecule has 766 valence electrons. The van der Waals surface area contributed by atoms with Crippen LogP contribution in [0.25, 0.3) is 0 Å². The van der Waals surface area contributed by atoms with Crippen LogP contribution in [0.1, 0.15) is 275 Å². The van der Waals surface area contributed by atoms with Crippen molar-refractivity contribution in [2.24, 2.45) is 0 Å². The van der Waals surface area contributed by atoms with Crippen molar-refractivity contribution in [3.63, 3.8) is 0 Å². The van der Waals surface area contributed by atoms with Crippen LogP contribution in [0, 0.1) is 29.9 Å². The van der Waals surface area contributed by atoms with Gasteiger partial charge in [-0.05, 0) is 245 Å². The van der Waals surface area contributed by atoms with Gasteiger partial charge in [0.25, 0.3) is 0 Å². The lowest BCUT2D eigenvalue weighted by Gasteiger charge is -2.37. The summed E-state index contributed by atoms with van der Waals surface area (Å²) in [4.78, 5) is 18.8. The highest BCUT2D eigenvalue weighted by Crippen LogP contribution is 2.39. The summed E-state index contributed by atoms with van der Waals surface area (Å²) in [5.74, 6) is 4.74. The molecule has 8 fully saturated rings. The average Bonchev–Trinajstić information content (AvgIpc) is 0.796. The fourth-order valence-electron chi connectivity index (χ4n) is 19.3. The molecular weight excluding hydrogens is 1770 g/mol. The lowest BCUT2D eigenvalue weighted by atomic mass is 9.98. The first-order valence-electron chi connectivity index (χ1n) is 52.4. The third kappa shape index (κ3) is 32.8. The molecule has 0 spiro atoms. The molecule has 0 radical (unpaired) electrons. The van der Waals surface area contributed by atoms with E-state index in [0.717, 1.165) is 212 Å². The highest BCUT2D eigenvalue weighted by molar-refractivity contribution is 6.33. The zero-order valence-electron chi connectivity index (χ0n) is 89.7. The lowest BCUT2D eigenvalue weighted by molar-refractivity contribution is 0.281. The number of hydrogen-bond donors (Lipinski definition) is 9. The Morgan fingerprint density at radius 3 is 0.806 bits per heavy atom. The van der Waals surface area contributed by atoms with Crippen molar-refractivity contribution >= 4 is 68.7 Å². The van der Waals surface area contributed by atoms with Crippen molar-refractivity contribution in [2.75, 3.05) is 203 Å². The van der Waals surface area contributed by atoms with Gasteiger partial charge in [-0.3, -0.25) is 0 Å². The molecule has 0 aromatic heterocycles. The first-order valence-corrected chi connectivity index (χ1v) is 53.1. The highest BCUT2D eigenvalue weighted by atomic mass is 35.5. The number of benzene rings is 8. The van der Waals surface area contributed by atoms with E-state index in [4.69, 9.17) is 27.9 Å². The van der Waals surface area contributed by atoms with Gasteiger partial charge in [-0.2, -0.15) is 5.26 Å². The number of aryl methyl sites for hydroxylation is 1. The van der Waals surface area contributed by atoms with Crippen molar-refractivity contribution in [2.45, 2.75) is 275 Å². The van der Waals surface area contributed by atoms with E-state index in [2.05, 4.69) is 364 Å².